The average Bonchev–Trinajstić information content (AvgIpc) is 2.81. The normalized spacial score (nSPS) is 35.6. The number of hydrogen-bond donors (Lipinski definition) is 0. The summed E-state index contributed by atoms with van der Waals surface area (Å²) in [5, 5.41) is 0. The van der Waals surface area contributed by atoms with E-state index >= 15 is 0 Å². The van der Waals surface area contributed by atoms with Crippen molar-refractivity contribution in [1.29, 1.82) is 0 Å². The van der Waals surface area contributed by atoms with Gasteiger partial charge in [0, 0.05) is 26.2 Å². The Morgan fingerprint density at radius 1 is 1.11 bits per heavy atom. The number of likely N-dealkylation sites (tertiary alicyclic amines) is 1. The lowest BCUT2D eigenvalue weighted by Gasteiger charge is -2.37. The van der Waals surface area contributed by atoms with E-state index in [2.05, 4.69) is 4.90 Å². The molecule has 0 aromatic rings. The van der Waals surface area contributed by atoms with Crippen LogP contribution in [-0.2, 0) is 9.53 Å². The Kier molecular flexibility index (Phi) is 3.57. The standard InChI is InChI=1S/C14H24N2O2/c1-15-12-6-8-16(11-4-2-3-5-11)9-7-13(12)18-10-14(15)17/h11-13H,2-10H2,1H3/t12-,13-/m0/s1. The number of fused-ring (bicyclic) bond motifs is 1. The SMILES string of the molecule is CN1C(=O)CO[C@H]2CCN(C3CCCC3)CC[C@@H]21. The van der Waals surface area contributed by atoms with E-state index in [9.17, 15) is 4.79 Å². The lowest BCUT2D eigenvalue weighted by molar-refractivity contribution is -0.154. The third-order valence-electron chi connectivity index (χ3n) is 4.99. The lowest BCUT2D eigenvalue weighted by atomic mass is 10.0. The number of amides is 1. The highest BCUT2D eigenvalue weighted by Gasteiger charge is 2.37. The van der Waals surface area contributed by atoms with E-state index in [4.69, 9.17) is 4.74 Å². The number of hydrogen-bond acceptors (Lipinski definition) is 3. The van der Waals surface area contributed by atoms with E-state index in [0.717, 1.165) is 32.0 Å². The Hall–Kier alpha value is -0.610. The van der Waals surface area contributed by atoms with Gasteiger partial charge in [0.25, 0.3) is 0 Å². The van der Waals surface area contributed by atoms with Gasteiger partial charge in [-0.2, -0.15) is 0 Å². The van der Waals surface area contributed by atoms with Crippen LogP contribution in [0.2, 0.25) is 0 Å². The van der Waals surface area contributed by atoms with Crippen molar-refractivity contribution in [1.82, 2.24) is 9.80 Å². The van der Waals surface area contributed by atoms with E-state index in [1.54, 1.807) is 0 Å². The van der Waals surface area contributed by atoms with Gasteiger partial charge in [0.15, 0.2) is 0 Å². The smallest absolute Gasteiger partial charge is 0.248 e. The Labute approximate surface area is 109 Å². The number of carbonyl (C=O) groups is 1. The molecule has 1 saturated carbocycles. The fourth-order valence-corrected chi connectivity index (χ4v) is 3.82. The van der Waals surface area contributed by atoms with Gasteiger partial charge in [-0.1, -0.05) is 12.8 Å². The fraction of sp³-hybridized carbons (Fsp3) is 0.929. The number of nitrogens with zero attached hydrogens (tertiary/aromatic N) is 2. The summed E-state index contributed by atoms with van der Waals surface area (Å²) >= 11 is 0. The third kappa shape index (κ3) is 2.28. The second kappa shape index (κ2) is 5.17. The summed E-state index contributed by atoms with van der Waals surface area (Å²) in [4.78, 5) is 16.3. The molecule has 4 heteroatoms. The molecule has 1 aliphatic carbocycles. The maximum absolute atomic E-state index is 11.7. The molecule has 1 amide bonds. The molecule has 2 atom stereocenters. The fourth-order valence-electron chi connectivity index (χ4n) is 3.82. The summed E-state index contributed by atoms with van der Waals surface area (Å²) in [6, 6.07) is 1.10. The third-order valence-corrected chi connectivity index (χ3v) is 4.99. The maximum Gasteiger partial charge on any atom is 0.248 e. The zero-order chi connectivity index (χ0) is 12.5. The molecule has 0 bridgehead atoms. The molecule has 0 aromatic heterocycles. The van der Waals surface area contributed by atoms with Crippen molar-refractivity contribution in [2.24, 2.45) is 0 Å². The molecule has 102 valence electrons. The summed E-state index contributed by atoms with van der Waals surface area (Å²) in [6.45, 7) is 2.56. The number of rotatable bonds is 1. The Morgan fingerprint density at radius 3 is 2.61 bits per heavy atom. The van der Waals surface area contributed by atoms with E-state index < -0.39 is 0 Å². The van der Waals surface area contributed by atoms with Gasteiger partial charge < -0.3 is 14.5 Å². The second-order valence-corrected chi connectivity index (χ2v) is 5.97. The van der Waals surface area contributed by atoms with Crippen LogP contribution < -0.4 is 0 Å². The molecular formula is C14H24N2O2. The van der Waals surface area contributed by atoms with E-state index in [1.165, 1.54) is 25.7 Å². The molecule has 3 fully saturated rings. The number of likely N-dealkylation sites (N-methyl/N-ethyl adjacent to an activating group) is 1. The summed E-state index contributed by atoms with van der Waals surface area (Å²) in [7, 11) is 1.94. The average molecular weight is 252 g/mol. The number of carbonyl (C=O) groups excluding carboxylic acids is 1. The van der Waals surface area contributed by atoms with Crippen molar-refractivity contribution < 1.29 is 9.53 Å². The van der Waals surface area contributed by atoms with Crippen molar-refractivity contribution >= 4 is 5.91 Å². The topological polar surface area (TPSA) is 32.8 Å². The van der Waals surface area contributed by atoms with Crippen LogP contribution in [-0.4, -0.2) is 60.6 Å². The van der Waals surface area contributed by atoms with Crippen molar-refractivity contribution in [3.8, 4) is 0 Å². The van der Waals surface area contributed by atoms with Crippen LogP contribution in [0, 0.1) is 0 Å². The molecule has 0 N–H and O–H groups in total. The van der Waals surface area contributed by atoms with Crippen LogP contribution in [0.25, 0.3) is 0 Å². The first-order valence-electron chi connectivity index (χ1n) is 7.37. The monoisotopic (exact) mass is 252 g/mol. The first kappa shape index (κ1) is 12.4. The highest BCUT2D eigenvalue weighted by molar-refractivity contribution is 5.78. The van der Waals surface area contributed by atoms with Gasteiger partial charge in [0.05, 0.1) is 12.1 Å². The number of ether oxygens (including phenoxy) is 1. The number of morpholine rings is 1. The predicted molar refractivity (Wildman–Crippen MR) is 69.4 cm³/mol. The van der Waals surface area contributed by atoms with Gasteiger partial charge in [-0.25, -0.2) is 0 Å². The molecule has 3 rings (SSSR count). The molecule has 0 unspecified atom stereocenters. The van der Waals surface area contributed by atoms with Crippen LogP contribution in [0.5, 0.6) is 0 Å². The van der Waals surface area contributed by atoms with Crippen molar-refractivity contribution in [3.05, 3.63) is 0 Å². The van der Waals surface area contributed by atoms with Gasteiger partial charge in [0.2, 0.25) is 5.91 Å². The summed E-state index contributed by atoms with van der Waals surface area (Å²) in [5.41, 5.74) is 0. The molecule has 2 saturated heterocycles. The predicted octanol–water partition coefficient (Wildman–Crippen LogP) is 1.25. The van der Waals surface area contributed by atoms with Crippen LogP contribution >= 0.6 is 0 Å². The van der Waals surface area contributed by atoms with Crippen LogP contribution in [0.3, 0.4) is 0 Å². The molecular weight excluding hydrogens is 228 g/mol. The molecule has 0 aromatic carbocycles. The van der Waals surface area contributed by atoms with E-state index in [0.29, 0.717) is 6.04 Å². The molecule has 0 spiro atoms. The van der Waals surface area contributed by atoms with Gasteiger partial charge in [-0.05, 0) is 25.7 Å². The zero-order valence-electron chi connectivity index (χ0n) is 11.3. The van der Waals surface area contributed by atoms with E-state index in [-0.39, 0.29) is 18.6 Å². The quantitative estimate of drug-likeness (QED) is 0.704. The highest BCUT2D eigenvalue weighted by Crippen LogP contribution is 2.28. The molecule has 2 aliphatic heterocycles. The zero-order valence-corrected chi connectivity index (χ0v) is 11.3. The van der Waals surface area contributed by atoms with Gasteiger partial charge >= 0.3 is 0 Å². The molecule has 3 aliphatic rings. The first-order chi connectivity index (χ1) is 8.75. The van der Waals surface area contributed by atoms with Gasteiger partial charge in [0.1, 0.15) is 6.61 Å². The lowest BCUT2D eigenvalue weighted by Crippen LogP contribution is -2.52. The minimum Gasteiger partial charge on any atom is -0.366 e. The second-order valence-electron chi connectivity index (χ2n) is 5.97. The molecule has 18 heavy (non-hydrogen) atoms. The Morgan fingerprint density at radius 2 is 1.83 bits per heavy atom. The minimum atomic E-state index is 0.144. The summed E-state index contributed by atoms with van der Waals surface area (Å²) < 4.78 is 5.74. The minimum absolute atomic E-state index is 0.144. The molecule has 2 heterocycles. The molecule has 4 nitrogen and oxygen atoms in total. The van der Waals surface area contributed by atoms with Gasteiger partial charge in [-0.15, -0.1) is 0 Å². The van der Waals surface area contributed by atoms with Crippen molar-refractivity contribution in [2.75, 3.05) is 26.7 Å². The Bertz CT molecular complexity index is 315. The van der Waals surface area contributed by atoms with Crippen LogP contribution in [0.4, 0.5) is 0 Å². The largest absolute Gasteiger partial charge is 0.366 e. The molecule has 0 radical (unpaired) electrons. The Balaban J connectivity index is 1.65. The van der Waals surface area contributed by atoms with Crippen molar-refractivity contribution in [2.45, 2.75) is 56.7 Å². The van der Waals surface area contributed by atoms with Gasteiger partial charge in [-0.3, -0.25) is 4.79 Å². The van der Waals surface area contributed by atoms with Crippen molar-refractivity contribution in [3.63, 3.8) is 0 Å². The summed E-state index contributed by atoms with van der Waals surface area (Å²) in [6.07, 6.45) is 7.93. The first-order valence-corrected chi connectivity index (χ1v) is 7.37. The maximum atomic E-state index is 11.7. The highest BCUT2D eigenvalue weighted by atomic mass is 16.5. The summed E-state index contributed by atoms with van der Waals surface area (Å²) in [5.74, 6) is 0.144. The van der Waals surface area contributed by atoms with Crippen LogP contribution in [0.1, 0.15) is 38.5 Å². The van der Waals surface area contributed by atoms with Crippen LogP contribution in [0.15, 0.2) is 0 Å². The van der Waals surface area contributed by atoms with E-state index in [1.807, 2.05) is 11.9 Å².